The van der Waals surface area contributed by atoms with E-state index in [1.807, 2.05) is 0 Å². The number of halogens is 4. The summed E-state index contributed by atoms with van der Waals surface area (Å²) in [5, 5.41) is 17.7. The molecule has 0 radical (unpaired) electrons. The second kappa shape index (κ2) is 10.2. The van der Waals surface area contributed by atoms with Crippen LogP contribution in [-0.4, -0.2) is 42.2 Å². The van der Waals surface area contributed by atoms with Gasteiger partial charge >= 0.3 is 12.1 Å². The van der Waals surface area contributed by atoms with E-state index in [0.29, 0.717) is 13.0 Å². The van der Waals surface area contributed by atoms with Crippen LogP contribution >= 0.6 is 0 Å². The molecule has 1 rings (SSSR count). The Labute approximate surface area is 139 Å². The van der Waals surface area contributed by atoms with Gasteiger partial charge in [0.1, 0.15) is 5.97 Å². The predicted octanol–water partition coefficient (Wildman–Crippen LogP) is -0.422. The van der Waals surface area contributed by atoms with Gasteiger partial charge in [-0.15, -0.1) is 0 Å². The highest BCUT2D eigenvalue weighted by molar-refractivity contribution is 5.98. The summed E-state index contributed by atoms with van der Waals surface area (Å²) in [6, 6.07) is 3.25. The average molecular weight is 369 g/mol. The molecule has 0 heterocycles. The molecule has 0 saturated carbocycles. The van der Waals surface area contributed by atoms with Crippen LogP contribution < -0.4 is 10.8 Å². The highest BCUT2D eigenvalue weighted by Crippen LogP contribution is 2.16. The molecule has 0 aromatic heterocycles. The highest BCUT2D eigenvalue weighted by Gasteiger charge is 2.28. The van der Waals surface area contributed by atoms with E-state index in [4.69, 9.17) is 19.7 Å². The first-order valence-corrected chi connectivity index (χ1v) is 6.73. The summed E-state index contributed by atoms with van der Waals surface area (Å²) in [6.07, 6.45) is -4.39. The van der Waals surface area contributed by atoms with Crippen molar-refractivity contribution in [1.82, 2.24) is 0 Å². The summed E-state index contributed by atoms with van der Waals surface area (Å²) in [5.74, 6) is -5.42. The third-order valence-electron chi connectivity index (χ3n) is 2.50. The Morgan fingerprint density at radius 2 is 1.80 bits per heavy atom. The summed E-state index contributed by atoms with van der Waals surface area (Å²) in [5.41, 5.74) is 3.63. The van der Waals surface area contributed by atoms with Crippen LogP contribution in [0.25, 0.3) is 0 Å². The Morgan fingerprint density at radius 1 is 1.24 bits per heavy atom. The van der Waals surface area contributed by atoms with E-state index in [0.717, 1.165) is 12.1 Å². The van der Waals surface area contributed by atoms with Crippen molar-refractivity contribution >= 4 is 17.7 Å². The van der Waals surface area contributed by atoms with Gasteiger partial charge in [0.2, 0.25) is 0 Å². The number of carboxylic acid groups (broad SMARTS) is 1. The van der Waals surface area contributed by atoms with Crippen LogP contribution in [-0.2, 0) is 14.3 Å². The van der Waals surface area contributed by atoms with Gasteiger partial charge in [0.05, 0.1) is 13.0 Å². The number of esters is 1. The van der Waals surface area contributed by atoms with Gasteiger partial charge in [-0.05, 0) is 18.2 Å². The van der Waals surface area contributed by atoms with Gasteiger partial charge in [-0.25, -0.2) is 4.39 Å². The van der Waals surface area contributed by atoms with Gasteiger partial charge in [-0.2, -0.15) is 13.2 Å². The fourth-order valence-electron chi connectivity index (χ4n) is 1.25. The predicted molar refractivity (Wildman–Crippen MR) is 71.4 cm³/mol. The number of carboxylic acids is 1. The zero-order valence-corrected chi connectivity index (χ0v) is 12.8. The van der Waals surface area contributed by atoms with Gasteiger partial charge in [0.25, 0.3) is 0 Å². The Kier molecular flexibility index (Phi) is 9.13. The van der Waals surface area contributed by atoms with Gasteiger partial charge in [-0.1, -0.05) is 0 Å². The number of carbonyl (C=O) groups is 3. The monoisotopic (exact) mass is 369 g/mol. The molecule has 11 heteroatoms. The number of alkyl halides is 3. The maximum atomic E-state index is 13.0. The molecule has 25 heavy (non-hydrogen) atoms. The zero-order valence-electron chi connectivity index (χ0n) is 12.8. The fourth-order valence-corrected chi connectivity index (χ4v) is 1.25. The van der Waals surface area contributed by atoms with Crippen molar-refractivity contribution in [2.45, 2.75) is 19.0 Å². The van der Waals surface area contributed by atoms with Crippen molar-refractivity contribution < 1.29 is 52.6 Å². The Hall–Kier alpha value is -2.69. The number of quaternary nitrogens is 1. The van der Waals surface area contributed by atoms with Crippen molar-refractivity contribution in [2.75, 3.05) is 13.2 Å². The molecule has 0 amide bonds. The number of hydrogen-bond donors (Lipinski definition) is 2. The Balaban J connectivity index is 0.000000697. The van der Waals surface area contributed by atoms with E-state index in [1.54, 1.807) is 0 Å². The molecule has 0 aliphatic rings. The van der Waals surface area contributed by atoms with Crippen molar-refractivity contribution in [3.8, 4) is 5.75 Å². The van der Waals surface area contributed by atoms with E-state index in [-0.39, 0.29) is 12.0 Å². The number of aliphatic carboxylic acids is 1. The fraction of sp³-hybridized carbons (Fsp3) is 0.357. The van der Waals surface area contributed by atoms with E-state index in [1.165, 1.54) is 6.07 Å². The standard InChI is InChI=1S/C12H14FNO4.C2HF3O2/c13-9-6-8(3-4-10(9)15)11(16)7-18-12(17)2-1-5-14;3-2(4,5)1(6)7/h3-4,6,15H,1-2,5,7,14H2;(H,6,7). The molecule has 0 unspecified atom stereocenters. The van der Waals surface area contributed by atoms with E-state index in [9.17, 15) is 27.2 Å². The molecule has 1 aromatic rings. The molecule has 140 valence electrons. The summed E-state index contributed by atoms with van der Waals surface area (Å²) in [7, 11) is 0. The lowest BCUT2D eigenvalue weighted by atomic mass is 10.1. The Morgan fingerprint density at radius 3 is 2.24 bits per heavy atom. The van der Waals surface area contributed by atoms with E-state index in [2.05, 4.69) is 5.73 Å². The van der Waals surface area contributed by atoms with Gasteiger partial charge < -0.3 is 25.5 Å². The first-order chi connectivity index (χ1) is 11.5. The summed E-state index contributed by atoms with van der Waals surface area (Å²) in [6.45, 7) is 0.187. The van der Waals surface area contributed by atoms with Crippen LogP contribution in [0.2, 0.25) is 0 Å². The first-order valence-electron chi connectivity index (χ1n) is 6.73. The van der Waals surface area contributed by atoms with Crippen molar-refractivity contribution in [3.05, 3.63) is 29.6 Å². The van der Waals surface area contributed by atoms with Crippen LogP contribution in [0.5, 0.6) is 5.75 Å². The molecule has 1 aromatic carbocycles. The van der Waals surface area contributed by atoms with E-state index < -0.39 is 42.1 Å². The number of ether oxygens (including phenoxy) is 1. The number of hydrogen-bond acceptors (Lipinski definition) is 6. The minimum Gasteiger partial charge on any atom is -0.542 e. The first kappa shape index (κ1) is 22.3. The summed E-state index contributed by atoms with van der Waals surface area (Å²) < 4.78 is 49.3. The number of benzene rings is 1. The van der Waals surface area contributed by atoms with Crippen LogP contribution in [0.4, 0.5) is 17.6 Å². The van der Waals surface area contributed by atoms with Crippen LogP contribution in [0.1, 0.15) is 23.2 Å². The average Bonchev–Trinajstić information content (AvgIpc) is 2.52. The zero-order chi connectivity index (χ0) is 19.6. The molecular weight excluding hydrogens is 354 g/mol. The number of carbonyl (C=O) groups excluding carboxylic acids is 3. The molecule has 0 aliphatic heterocycles. The topological polar surface area (TPSA) is 131 Å². The summed E-state index contributed by atoms with van der Waals surface area (Å²) in [4.78, 5) is 31.5. The third kappa shape index (κ3) is 9.25. The van der Waals surface area contributed by atoms with Crippen molar-refractivity contribution in [3.63, 3.8) is 0 Å². The molecule has 4 N–H and O–H groups in total. The number of phenols is 1. The second-order valence-corrected chi connectivity index (χ2v) is 4.49. The minimum absolute atomic E-state index is 0.0512. The molecule has 0 bridgehead atoms. The second-order valence-electron chi connectivity index (χ2n) is 4.49. The summed E-state index contributed by atoms with van der Waals surface area (Å²) >= 11 is 0. The maximum absolute atomic E-state index is 13.0. The van der Waals surface area contributed by atoms with Crippen LogP contribution in [0.3, 0.4) is 0 Å². The van der Waals surface area contributed by atoms with Crippen LogP contribution in [0.15, 0.2) is 18.2 Å². The highest BCUT2D eigenvalue weighted by atomic mass is 19.4. The molecule has 0 saturated heterocycles. The number of aromatic hydroxyl groups is 1. The third-order valence-corrected chi connectivity index (χ3v) is 2.50. The van der Waals surface area contributed by atoms with E-state index >= 15 is 0 Å². The lowest BCUT2D eigenvalue weighted by Gasteiger charge is -2.04. The minimum atomic E-state index is -5.19. The molecule has 0 fully saturated rings. The smallest absolute Gasteiger partial charge is 0.430 e. The van der Waals surface area contributed by atoms with Gasteiger partial charge in [-0.3, -0.25) is 9.59 Å². The number of Topliss-reactive ketones (excluding diaryl/α,β-unsaturated/α-hetero) is 1. The normalized spacial score (nSPS) is 10.4. The lowest BCUT2D eigenvalue weighted by molar-refractivity contribution is -0.368. The largest absolute Gasteiger partial charge is 0.542 e. The van der Waals surface area contributed by atoms with Gasteiger partial charge in [0.15, 0.2) is 24.0 Å². The molecule has 0 spiro atoms. The SMILES string of the molecule is O=C([O-])C(F)(F)F.[NH3+]CCCC(=O)OCC(=O)c1ccc(O)c(F)c1. The maximum Gasteiger partial charge on any atom is 0.430 e. The quantitative estimate of drug-likeness (QED) is 0.398. The van der Waals surface area contributed by atoms with Crippen LogP contribution in [0, 0.1) is 5.82 Å². The van der Waals surface area contributed by atoms with Crippen molar-refractivity contribution in [2.24, 2.45) is 0 Å². The number of rotatable bonds is 6. The molecule has 0 aliphatic carbocycles. The molecule has 7 nitrogen and oxygen atoms in total. The van der Waals surface area contributed by atoms with Gasteiger partial charge in [0, 0.05) is 12.0 Å². The molecular formula is C14H15F4NO6. The van der Waals surface area contributed by atoms with Crippen molar-refractivity contribution in [1.29, 1.82) is 0 Å². The Bertz CT molecular complexity index is 618. The lowest BCUT2D eigenvalue weighted by Crippen LogP contribution is -2.50. The molecule has 0 atom stereocenters. The number of ketones is 1. The number of phenolic OH excluding ortho intramolecular Hbond substituents is 1.